The molecule has 0 saturated heterocycles. The molecule has 0 spiro atoms. The van der Waals surface area contributed by atoms with Crippen molar-refractivity contribution in [1.29, 1.82) is 0 Å². The van der Waals surface area contributed by atoms with Crippen molar-refractivity contribution in [2.45, 2.75) is 6.54 Å². The third-order valence-electron chi connectivity index (χ3n) is 2.58. The molecular formula is C14H14BrFN2OS. The zero-order valence-electron chi connectivity index (χ0n) is 10.9. The van der Waals surface area contributed by atoms with Gasteiger partial charge in [-0.1, -0.05) is 6.07 Å². The third-order valence-corrected chi connectivity index (χ3v) is 4.18. The summed E-state index contributed by atoms with van der Waals surface area (Å²) < 4.78 is 14.1. The molecule has 0 fully saturated rings. The van der Waals surface area contributed by atoms with Gasteiger partial charge in [0.05, 0.1) is 10.3 Å². The van der Waals surface area contributed by atoms with Gasteiger partial charge in [0.1, 0.15) is 5.82 Å². The summed E-state index contributed by atoms with van der Waals surface area (Å²) in [5.41, 5.74) is 0.474. The van der Waals surface area contributed by atoms with Crippen molar-refractivity contribution in [3.63, 3.8) is 0 Å². The number of nitrogens with one attached hydrogen (secondary N) is 1. The number of hydrogen-bond acceptors (Lipinski definition) is 3. The SMILES string of the molecule is CN(CC(=O)Nc1cccc(F)c1)Cc1ccc(Br)s1. The number of likely N-dealkylation sites (N-methyl/N-ethyl adjacent to an activating group) is 1. The summed E-state index contributed by atoms with van der Waals surface area (Å²) in [4.78, 5) is 14.9. The number of halogens is 2. The minimum atomic E-state index is -0.361. The Hall–Kier alpha value is -1.24. The van der Waals surface area contributed by atoms with Gasteiger partial charge in [-0.2, -0.15) is 0 Å². The molecule has 0 unspecified atom stereocenters. The number of carbonyl (C=O) groups is 1. The predicted octanol–water partition coefficient (Wildman–Crippen LogP) is 3.72. The van der Waals surface area contributed by atoms with Gasteiger partial charge < -0.3 is 5.32 Å². The highest BCUT2D eigenvalue weighted by Gasteiger charge is 2.09. The van der Waals surface area contributed by atoms with Crippen LogP contribution in [0.5, 0.6) is 0 Å². The van der Waals surface area contributed by atoms with E-state index in [1.807, 2.05) is 24.1 Å². The number of hydrogen-bond donors (Lipinski definition) is 1. The van der Waals surface area contributed by atoms with Gasteiger partial charge in [-0.05, 0) is 53.3 Å². The number of nitrogens with zero attached hydrogens (tertiary/aromatic N) is 1. The summed E-state index contributed by atoms with van der Waals surface area (Å²) in [7, 11) is 1.87. The van der Waals surface area contributed by atoms with E-state index in [2.05, 4.69) is 21.2 Å². The lowest BCUT2D eigenvalue weighted by molar-refractivity contribution is -0.117. The summed E-state index contributed by atoms with van der Waals surface area (Å²) in [6, 6.07) is 9.89. The van der Waals surface area contributed by atoms with Gasteiger partial charge in [-0.25, -0.2) is 4.39 Å². The van der Waals surface area contributed by atoms with Crippen molar-refractivity contribution in [3.8, 4) is 0 Å². The zero-order valence-corrected chi connectivity index (χ0v) is 13.3. The Kier molecular flexibility index (Phi) is 5.28. The van der Waals surface area contributed by atoms with Gasteiger partial charge in [0.2, 0.25) is 5.91 Å². The molecule has 1 aromatic heterocycles. The monoisotopic (exact) mass is 356 g/mol. The Bertz CT molecular complexity index is 602. The highest BCUT2D eigenvalue weighted by molar-refractivity contribution is 9.11. The van der Waals surface area contributed by atoms with Crippen LogP contribution >= 0.6 is 27.3 Å². The molecular weight excluding hydrogens is 343 g/mol. The third kappa shape index (κ3) is 4.70. The maximum Gasteiger partial charge on any atom is 0.238 e. The molecule has 2 aromatic rings. The van der Waals surface area contributed by atoms with Crippen LogP contribution in [-0.2, 0) is 11.3 Å². The number of rotatable bonds is 5. The normalized spacial score (nSPS) is 10.8. The molecule has 3 nitrogen and oxygen atoms in total. The van der Waals surface area contributed by atoms with E-state index in [0.717, 1.165) is 3.79 Å². The summed E-state index contributed by atoms with van der Waals surface area (Å²) in [6.07, 6.45) is 0. The molecule has 0 bridgehead atoms. The summed E-state index contributed by atoms with van der Waals surface area (Å²) in [5.74, 6) is -0.520. The van der Waals surface area contributed by atoms with Crippen LogP contribution in [0.25, 0.3) is 0 Å². The van der Waals surface area contributed by atoms with Gasteiger partial charge >= 0.3 is 0 Å². The molecule has 1 N–H and O–H groups in total. The smallest absolute Gasteiger partial charge is 0.238 e. The van der Waals surface area contributed by atoms with Gasteiger partial charge in [0, 0.05) is 17.1 Å². The fraction of sp³-hybridized carbons (Fsp3) is 0.214. The number of carbonyl (C=O) groups excluding carboxylic acids is 1. The molecule has 0 atom stereocenters. The van der Waals surface area contributed by atoms with E-state index in [9.17, 15) is 9.18 Å². The minimum Gasteiger partial charge on any atom is -0.325 e. The molecule has 20 heavy (non-hydrogen) atoms. The molecule has 6 heteroatoms. The fourth-order valence-corrected chi connectivity index (χ4v) is 3.33. The highest BCUT2D eigenvalue weighted by atomic mass is 79.9. The van der Waals surface area contributed by atoms with Crippen LogP contribution in [0.4, 0.5) is 10.1 Å². The first kappa shape index (κ1) is 15.2. The molecule has 106 valence electrons. The lowest BCUT2D eigenvalue weighted by Gasteiger charge is -2.15. The van der Waals surface area contributed by atoms with Crippen LogP contribution in [0.2, 0.25) is 0 Å². The second-order valence-electron chi connectivity index (χ2n) is 4.44. The second-order valence-corrected chi connectivity index (χ2v) is 6.98. The Morgan fingerprint density at radius 2 is 2.20 bits per heavy atom. The largest absolute Gasteiger partial charge is 0.325 e. The molecule has 1 heterocycles. The van der Waals surface area contributed by atoms with Gasteiger partial charge in [0.25, 0.3) is 0 Å². The number of thiophene rings is 1. The molecule has 0 aliphatic heterocycles. The first-order chi connectivity index (χ1) is 9.52. The Labute approximate surface area is 129 Å². The average Bonchev–Trinajstić information content (AvgIpc) is 2.74. The molecule has 0 saturated carbocycles. The Morgan fingerprint density at radius 1 is 1.40 bits per heavy atom. The van der Waals surface area contributed by atoms with E-state index < -0.39 is 0 Å². The van der Waals surface area contributed by atoms with Crippen molar-refractivity contribution >= 4 is 38.9 Å². The van der Waals surface area contributed by atoms with Gasteiger partial charge in [0.15, 0.2) is 0 Å². The van der Waals surface area contributed by atoms with Crippen LogP contribution in [-0.4, -0.2) is 24.4 Å². The van der Waals surface area contributed by atoms with Crippen LogP contribution < -0.4 is 5.32 Å². The second kappa shape index (κ2) is 6.97. The van der Waals surface area contributed by atoms with Gasteiger partial charge in [-0.3, -0.25) is 9.69 Å². The van der Waals surface area contributed by atoms with Crippen LogP contribution in [0.3, 0.4) is 0 Å². The van der Waals surface area contributed by atoms with Crippen molar-refractivity contribution in [3.05, 3.63) is 50.9 Å². The van der Waals surface area contributed by atoms with E-state index in [0.29, 0.717) is 12.2 Å². The summed E-state index contributed by atoms with van der Waals surface area (Å²) in [5, 5.41) is 2.68. The average molecular weight is 357 g/mol. The summed E-state index contributed by atoms with van der Waals surface area (Å²) in [6.45, 7) is 0.957. The molecule has 0 aliphatic rings. The highest BCUT2D eigenvalue weighted by Crippen LogP contribution is 2.22. The Morgan fingerprint density at radius 3 is 2.85 bits per heavy atom. The first-order valence-electron chi connectivity index (χ1n) is 6.01. The number of anilines is 1. The topological polar surface area (TPSA) is 32.3 Å². The van der Waals surface area contributed by atoms with E-state index in [1.54, 1.807) is 23.5 Å². The van der Waals surface area contributed by atoms with Crippen molar-refractivity contribution < 1.29 is 9.18 Å². The predicted molar refractivity (Wildman–Crippen MR) is 83.4 cm³/mol. The molecule has 2 rings (SSSR count). The van der Waals surface area contributed by atoms with Gasteiger partial charge in [-0.15, -0.1) is 11.3 Å². The van der Waals surface area contributed by atoms with Crippen molar-refractivity contribution in [1.82, 2.24) is 4.90 Å². The molecule has 0 aliphatic carbocycles. The van der Waals surface area contributed by atoms with E-state index in [1.165, 1.54) is 17.0 Å². The lowest BCUT2D eigenvalue weighted by Crippen LogP contribution is -2.29. The zero-order chi connectivity index (χ0) is 14.5. The van der Waals surface area contributed by atoms with E-state index in [-0.39, 0.29) is 18.3 Å². The summed E-state index contributed by atoms with van der Waals surface area (Å²) >= 11 is 5.05. The maximum absolute atomic E-state index is 13.0. The Balaban J connectivity index is 1.84. The van der Waals surface area contributed by atoms with Crippen LogP contribution in [0.1, 0.15) is 4.88 Å². The molecule has 1 aromatic carbocycles. The van der Waals surface area contributed by atoms with Crippen LogP contribution in [0, 0.1) is 5.82 Å². The van der Waals surface area contributed by atoms with E-state index >= 15 is 0 Å². The van der Waals surface area contributed by atoms with E-state index in [4.69, 9.17) is 0 Å². The first-order valence-corrected chi connectivity index (χ1v) is 7.62. The fourth-order valence-electron chi connectivity index (χ4n) is 1.77. The molecule has 1 amide bonds. The van der Waals surface area contributed by atoms with Crippen LogP contribution in [0.15, 0.2) is 40.2 Å². The van der Waals surface area contributed by atoms with Crippen molar-refractivity contribution in [2.24, 2.45) is 0 Å². The van der Waals surface area contributed by atoms with Crippen molar-refractivity contribution in [2.75, 3.05) is 18.9 Å². The quantitative estimate of drug-likeness (QED) is 0.885. The standard InChI is InChI=1S/C14H14BrFN2OS/c1-18(8-12-5-6-13(15)20-12)9-14(19)17-11-4-2-3-10(16)7-11/h2-7H,8-9H2,1H3,(H,17,19). The lowest BCUT2D eigenvalue weighted by atomic mass is 10.3. The maximum atomic E-state index is 13.0. The molecule has 0 radical (unpaired) electrons. The number of amides is 1. The number of benzene rings is 1. The minimum absolute atomic E-state index is 0.159.